The van der Waals surface area contributed by atoms with Gasteiger partial charge in [-0.15, -0.1) is 0 Å². The molecule has 1 unspecified atom stereocenters. The average Bonchev–Trinajstić information content (AvgIpc) is 3.22. The van der Waals surface area contributed by atoms with Crippen LogP contribution in [0.2, 0.25) is 0 Å². The lowest BCUT2D eigenvalue weighted by Gasteiger charge is -2.23. The Labute approximate surface area is 173 Å². The Balaban J connectivity index is 1.46. The monoisotopic (exact) mass is 405 g/mol. The quantitative estimate of drug-likeness (QED) is 0.637. The van der Waals surface area contributed by atoms with Crippen molar-refractivity contribution in [2.45, 2.75) is 25.9 Å². The Kier molecular flexibility index (Phi) is 4.77. The van der Waals surface area contributed by atoms with Crippen molar-refractivity contribution in [1.29, 1.82) is 0 Å². The number of rotatable bonds is 5. The molecule has 2 aromatic carbocycles. The minimum Gasteiger partial charge on any atom is -0.340 e. The van der Waals surface area contributed by atoms with Crippen LogP contribution in [0.4, 0.5) is 4.79 Å². The Morgan fingerprint density at radius 3 is 2.53 bits per heavy atom. The molecule has 0 saturated carbocycles. The summed E-state index contributed by atoms with van der Waals surface area (Å²) in [7, 11) is 1.62. The topological polar surface area (TPSA) is 98.4 Å². The van der Waals surface area contributed by atoms with Gasteiger partial charge in [0, 0.05) is 7.05 Å². The summed E-state index contributed by atoms with van der Waals surface area (Å²) in [5.41, 5.74) is 2.24. The maximum Gasteiger partial charge on any atom is 0.325 e. The second-order valence-electron chi connectivity index (χ2n) is 7.76. The van der Waals surface area contributed by atoms with E-state index in [4.69, 9.17) is 0 Å². The molecule has 1 aliphatic heterocycles. The first kappa shape index (κ1) is 19.6. The van der Waals surface area contributed by atoms with Gasteiger partial charge in [-0.05, 0) is 31.5 Å². The Hall–Kier alpha value is -3.68. The van der Waals surface area contributed by atoms with E-state index in [1.807, 2.05) is 55.5 Å². The highest BCUT2D eigenvalue weighted by Gasteiger charge is 2.49. The molecule has 8 heteroatoms. The van der Waals surface area contributed by atoms with Crippen LogP contribution >= 0.6 is 0 Å². The average molecular weight is 405 g/mol. The molecule has 1 atom stereocenters. The molecule has 0 radical (unpaired) electrons. The van der Waals surface area contributed by atoms with Gasteiger partial charge in [0.1, 0.15) is 17.9 Å². The number of imidazole rings is 1. The van der Waals surface area contributed by atoms with Gasteiger partial charge in [0.2, 0.25) is 5.91 Å². The van der Waals surface area contributed by atoms with E-state index in [0.717, 1.165) is 21.5 Å². The standard InChI is InChI=1S/C22H23N5O3/c1-14-8-10-15(11-9-14)22(2)20(29)27(21(30)25-22)13-19(28)26(3)12-18-23-16-6-4-5-7-17(16)24-18/h4-11H,12-13H2,1-3H3,(H,23,24)(H,25,30). The molecular formula is C22H23N5O3. The van der Waals surface area contributed by atoms with Crippen LogP contribution in [-0.2, 0) is 21.7 Å². The third-order valence-corrected chi connectivity index (χ3v) is 5.45. The second kappa shape index (κ2) is 7.29. The van der Waals surface area contributed by atoms with Crippen LogP contribution in [0.15, 0.2) is 48.5 Å². The van der Waals surface area contributed by atoms with E-state index in [-0.39, 0.29) is 19.0 Å². The van der Waals surface area contributed by atoms with E-state index in [0.29, 0.717) is 11.4 Å². The molecule has 154 valence electrons. The van der Waals surface area contributed by atoms with E-state index < -0.39 is 17.5 Å². The lowest BCUT2D eigenvalue weighted by Crippen LogP contribution is -2.43. The Morgan fingerprint density at radius 1 is 1.13 bits per heavy atom. The number of aromatic amines is 1. The number of urea groups is 1. The molecule has 4 rings (SSSR count). The van der Waals surface area contributed by atoms with Crippen LogP contribution in [0.3, 0.4) is 0 Å². The summed E-state index contributed by atoms with van der Waals surface area (Å²) in [5, 5.41) is 2.73. The van der Waals surface area contributed by atoms with Crippen molar-refractivity contribution >= 4 is 28.9 Å². The summed E-state index contributed by atoms with van der Waals surface area (Å²) in [4.78, 5) is 48.2. The predicted octanol–water partition coefficient (Wildman–Crippen LogP) is 2.30. The van der Waals surface area contributed by atoms with Crippen molar-refractivity contribution in [3.8, 4) is 0 Å². The van der Waals surface area contributed by atoms with Crippen LogP contribution in [0.1, 0.15) is 23.9 Å². The van der Waals surface area contributed by atoms with Gasteiger partial charge in [0.05, 0.1) is 17.6 Å². The van der Waals surface area contributed by atoms with Gasteiger partial charge in [0.15, 0.2) is 0 Å². The van der Waals surface area contributed by atoms with E-state index in [9.17, 15) is 14.4 Å². The zero-order valence-corrected chi connectivity index (χ0v) is 17.1. The highest BCUT2D eigenvalue weighted by Crippen LogP contribution is 2.29. The highest BCUT2D eigenvalue weighted by molar-refractivity contribution is 6.09. The summed E-state index contributed by atoms with van der Waals surface area (Å²) in [6.07, 6.45) is 0. The largest absolute Gasteiger partial charge is 0.340 e. The van der Waals surface area contributed by atoms with Crippen molar-refractivity contribution in [2.24, 2.45) is 0 Å². The van der Waals surface area contributed by atoms with Crippen molar-refractivity contribution in [1.82, 2.24) is 25.1 Å². The van der Waals surface area contributed by atoms with E-state index >= 15 is 0 Å². The molecule has 8 nitrogen and oxygen atoms in total. The van der Waals surface area contributed by atoms with Crippen LogP contribution in [0.25, 0.3) is 11.0 Å². The van der Waals surface area contributed by atoms with Gasteiger partial charge in [-0.1, -0.05) is 42.0 Å². The number of imide groups is 1. The van der Waals surface area contributed by atoms with Crippen LogP contribution in [0.5, 0.6) is 0 Å². The molecular weight excluding hydrogens is 382 g/mol. The number of fused-ring (bicyclic) bond motifs is 1. The Bertz CT molecular complexity index is 1100. The number of hydrogen-bond acceptors (Lipinski definition) is 4. The van der Waals surface area contributed by atoms with Crippen molar-refractivity contribution in [2.75, 3.05) is 13.6 Å². The number of nitrogens with zero attached hydrogens (tertiary/aromatic N) is 3. The molecule has 30 heavy (non-hydrogen) atoms. The number of aromatic nitrogens is 2. The summed E-state index contributed by atoms with van der Waals surface area (Å²) >= 11 is 0. The predicted molar refractivity (Wildman–Crippen MR) is 111 cm³/mol. The minimum atomic E-state index is -1.19. The fourth-order valence-electron chi connectivity index (χ4n) is 3.57. The van der Waals surface area contributed by atoms with Crippen molar-refractivity contribution in [3.05, 3.63) is 65.5 Å². The lowest BCUT2D eigenvalue weighted by molar-refractivity contribution is -0.138. The normalized spacial score (nSPS) is 18.7. The molecule has 4 amide bonds. The molecule has 1 aliphatic rings. The number of H-pyrrole nitrogens is 1. The Morgan fingerprint density at radius 2 is 1.83 bits per heavy atom. The number of amides is 4. The number of carbonyl (C=O) groups is 3. The molecule has 1 fully saturated rings. The van der Waals surface area contributed by atoms with E-state index in [1.54, 1.807) is 14.0 Å². The number of hydrogen-bond donors (Lipinski definition) is 2. The third kappa shape index (κ3) is 3.41. The van der Waals surface area contributed by atoms with Gasteiger partial charge in [-0.3, -0.25) is 14.5 Å². The van der Waals surface area contributed by atoms with Gasteiger partial charge < -0.3 is 15.2 Å². The van der Waals surface area contributed by atoms with Gasteiger partial charge in [-0.25, -0.2) is 9.78 Å². The summed E-state index contributed by atoms with van der Waals surface area (Å²) in [6, 6.07) is 14.4. The van der Waals surface area contributed by atoms with Gasteiger partial charge >= 0.3 is 6.03 Å². The molecule has 0 aliphatic carbocycles. The van der Waals surface area contributed by atoms with Gasteiger partial charge in [0.25, 0.3) is 5.91 Å². The lowest BCUT2D eigenvalue weighted by atomic mass is 9.91. The summed E-state index contributed by atoms with van der Waals surface area (Å²) in [6.45, 7) is 3.51. The number of carbonyl (C=O) groups excluding carboxylic acids is 3. The molecule has 0 spiro atoms. The van der Waals surface area contributed by atoms with Crippen LogP contribution in [-0.4, -0.2) is 51.2 Å². The first-order chi connectivity index (χ1) is 14.3. The molecule has 2 heterocycles. The summed E-state index contributed by atoms with van der Waals surface area (Å²) in [5.74, 6) is -0.164. The molecule has 2 N–H and O–H groups in total. The second-order valence-corrected chi connectivity index (χ2v) is 7.76. The van der Waals surface area contributed by atoms with Crippen LogP contribution < -0.4 is 5.32 Å². The van der Waals surface area contributed by atoms with Crippen molar-refractivity contribution < 1.29 is 14.4 Å². The fraction of sp³-hybridized carbons (Fsp3) is 0.273. The van der Waals surface area contributed by atoms with Gasteiger partial charge in [-0.2, -0.15) is 0 Å². The molecule has 0 bridgehead atoms. The first-order valence-corrected chi connectivity index (χ1v) is 9.67. The van der Waals surface area contributed by atoms with E-state index in [1.165, 1.54) is 4.90 Å². The highest BCUT2D eigenvalue weighted by atomic mass is 16.2. The third-order valence-electron chi connectivity index (χ3n) is 5.45. The number of para-hydroxylation sites is 2. The fourth-order valence-corrected chi connectivity index (χ4v) is 3.57. The van der Waals surface area contributed by atoms with Crippen molar-refractivity contribution in [3.63, 3.8) is 0 Å². The van der Waals surface area contributed by atoms with Crippen LogP contribution in [0, 0.1) is 6.92 Å². The number of nitrogens with one attached hydrogen (secondary N) is 2. The zero-order valence-electron chi connectivity index (χ0n) is 17.1. The summed E-state index contributed by atoms with van der Waals surface area (Å²) < 4.78 is 0. The number of likely N-dealkylation sites (N-methyl/N-ethyl adjacent to an activating group) is 1. The zero-order chi connectivity index (χ0) is 21.5. The SMILES string of the molecule is Cc1ccc(C2(C)NC(=O)N(CC(=O)N(C)Cc3nc4ccccc4[nH]3)C2=O)cc1. The smallest absolute Gasteiger partial charge is 0.325 e. The maximum absolute atomic E-state index is 13.0. The maximum atomic E-state index is 13.0. The molecule has 1 aromatic heterocycles. The minimum absolute atomic E-state index is 0.242. The number of benzene rings is 2. The first-order valence-electron chi connectivity index (χ1n) is 9.67. The molecule has 3 aromatic rings. The van der Waals surface area contributed by atoms with E-state index in [2.05, 4.69) is 15.3 Å². The number of aryl methyl sites for hydroxylation is 1. The molecule has 1 saturated heterocycles.